The molecular formula is C14H16Cl2N2S. The van der Waals surface area contributed by atoms with Crippen LogP contribution in [0.5, 0.6) is 0 Å². The summed E-state index contributed by atoms with van der Waals surface area (Å²) in [6.45, 7) is 3.23. The smallest absolute Gasteiger partial charge is 0.0528 e. The molecule has 2 aliphatic heterocycles. The van der Waals surface area contributed by atoms with E-state index in [0.29, 0.717) is 0 Å². The van der Waals surface area contributed by atoms with Gasteiger partial charge in [0.15, 0.2) is 0 Å². The Balaban J connectivity index is 0.00000110. The third kappa shape index (κ3) is 2.07. The molecule has 19 heavy (non-hydrogen) atoms. The van der Waals surface area contributed by atoms with Crippen LogP contribution in [-0.2, 0) is 25.3 Å². The Labute approximate surface area is 128 Å². The Morgan fingerprint density at radius 1 is 1.32 bits per heavy atom. The Morgan fingerprint density at radius 2 is 2.21 bits per heavy atom. The SMILES string of the molecule is Cl.Clc1cc2c3c(c1)c1c(n3CCSC2)CCNC1. The fourth-order valence-corrected chi connectivity index (χ4v) is 4.39. The number of hydrogen-bond acceptors (Lipinski definition) is 2. The van der Waals surface area contributed by atoms with Crippen molar-refractivity contribution in [1.82, 2.24) is 9.88 Å². The summed E-state index contributed by atoms with van der Waals surface area (Å²) in [4.78, 5) is 0. The maximum Gasteiger partial charge on any atom is 0.0528 e. The van der Waals surface area contributed by atoms with Crippen molar-refractivity contribution in [3.8, 4) is 0 Å². The lowest BCUT2D eigenvalue weighted by atomic mass is 10.0. The molecule has 1 aromatic carbocycles. The molecule has 1 aromatic heterocycles. The molecule has 1 N–H and O–H groups in total. The van der Waals surface area contributed by atoms with Crippen molar-refractivity contribution in [3.05, 3.63) is 34.0 Å². The van der Waals surface area contributed by atoms with Gasteiger partial charge in [-0.2, -0.15) is 11.8 Å². The highest BCUT2D eigenvalue weighted by Gasteiger charge is 2.23. The highest BCUT2D eigenvalue weighted by Crippen LogP contribution is 2.36. The molecular weight excluding hydrogens is 299 g/mol. The average molecular weight is 315 g/mol. The van der Waals surface area contributed by atoms with E-state index in [-0.39, 0.29) is 12.4 Å². The lowest BCUT2D eigenvalue weighted by molar-refractivity contribution is 0.608. The molecule has 5 heteroatoms. The summed E-state index contributed by atoms with van der Waals surface area (Å²) in [5, 5.41) is 5.74. The van der Waals surface area contributed by atoms with E-state index in [0.717, 1.165) is 36.8 Å². The first-order valence-corrected chi connectivity index (χ1v) is 7.98. The predicted octanol–water partition coefficient (Wildman–Crippen LogP) is 3.61. The van der Waals surface area contributed by atoms with Gasteiger partial charge in [0.25, 0.3) is 0 Å². The van der Waals surface area contributed by atoms with Gasteiger partial charge >= 0.3 is 0 Å². The molecule has 0 unspecified atom stereocenters. The molecule has 0 radical (unpaired) electrons. The predicted molar refractivity (Wildman–Crippen MR) is 85.8 cm³/mol. The summed E-state index contributed by atoms with van der Waals surface area (Å²) < 4.78 is 2.55. The van der Waals surface area contributed by atoms with Gasteiger partial charge in [0, 0.05) is 53.7 Å². The summed E-state index contributed by atoms with van der Waals surface area (Å²) in [7, 11) is 0. The van der Waals surface area contributed by atoms with Gasteiger partial charge in [-0.05, 0) is 23.3 Å². The number of benzene rings is 1. The number of fused-ring (bicyclic) bond motifs is 3. The summed E-state index contributed by atoms with van der Waals surface area (Å²) in [6, 6.07) is 4.30. The van der Waals surface area contributed by atoms with Crippen molar-refractivity contribution in [1.29, 1.82) is 0 Å². The van der Waals surface area contributed by atoms with E-state index in [1.807, 2.05) is 11.8 Å². The van der Waals surface area contributed by atoms with Crippen molar-refractivity contribution in [2.24, 2.45) is 0 Å². The third-order valence-corrected chi connectivity index (χ3v) is 5.18. The van der Waals surface area contributed by atoms with Crippen LogP contribution >= 0.6 is 35.8 Å². The molecule has 0 atom stereocenters. The highest BCUT2D eigenvalue weighted by atomic mass is 35.5. The van der Waals surface area contributed by atoms with E-state index in [9.17, 15) is 0 Å². The van der Waals surface area contributed by atoms with Gasteiger partial charge in [-0.3, -0.25) is 0 Å². The minimum Gasteiger partial charge on any atom is -0.343 e. The number of halogens is 2. The van der Waals surface area contributed by atoms with Crippen LogP contribution in [0, 0.1) is 0 Å². The molecule has 0 spiro atoms. The van der Waals surface area contributed by atoms with Gasteiger partial charge in [-0.15, -0.1) is 12.4 Å². The van der Waals surface area contributed by atoms with Crippen LogP contribution in [-0.4, -0.2) is 16.9 Å². The molecule has 0 aliphatic carbocycles. The second kappa shape index (κ2) is 5.21. The van der Waals surface area contributed by atoms with Crippen molar-refractivity contribution in [2.45, 2.75) is 25.3 Å². The minimum absolute atomic E-state index is 0. The number of aromatic nitrogens is 1. The van der Waals surface area contributed by atoms with E-state index in [1.54, 1.807) is 0 Å². The second-order valence-corrected chi connectivity index (χ2v) is 6.56. The van der Waals surface area contributed by atoms with E-state index < -0.39 is 0 Å². The zero-order valence-electron chi connectivity index (χ0n) is 10.5. The first-order chi connectivity index (χ1) is 8.84. The minimum atomic E-state index is 0. The highest BCUT2D eigenvalue weighted by molar-refractivity contribution is 7.98. The molecule has 2 aromatic rings. The molecule has 3 heterocycles. The van der Waals surface area contributed by atoms with Crippen molar-refractivity contribution < 1.29 is 0 Å². The van der Waals surface area contributed by atoms with E-state index in [1.165, 1.54) is 33.5 Å². The molecule has 0 fully saturated rings. The van der Waals surface area contributed by atoms with Gasteiger partial charge < -0.3 is 9.88 Å². The normalized spacial score (nSPS) is 17.7. The molecule has 0 saturated heterocycles. The topological polar surface area (TPSA) is 17.0 Å². The van der Waals surface area contributed by atoms with Crippen LogP contribution in [0.4, 0.5) is 0 Å². The number of hydrogen-bond donors (Lipinski definition) is 1. The molecule has 0 amide bonds. The average Bonchev–Trinajstić information content (AvgIpc) is 2.55. The summed E-state index contributed by atoms with van der Waals surface area (Å²) in [6.07, 6.45) is 1.14. The van der Waals surface area contributed by atoms with Crippen LogP contribution in [0.3, 0.4) is 0 Å². The molecule has 102 valence electrons. The zero-order chi connectivity index (χ0) is 12.1. The van der Waals surface area contributed by atoms with E-state index in [2.05, 4.69) is 22.0 Å². The standard InChI is InChI=1S/C14H15ClN2S.ClH/c15-10-5-9-8-18-4-3-17-13-1-2-16-7-12(13)11(6-10)14(9)17;/h5-6,16H,1-4,7-8H2;1H. The van der Waals surface area contributed by atoms with Gasteiger partial charge in [-0.1, -0.05) is 11.6 Å². The fourth-order valence-electron chi connectivity index (χ4n) is 3.26. The van der Waals surface area contributed by atoms with Gasteiger partial charge in [0.1, 0.15) is 0 Å². The number of aryl methyl sites for hydroxylation is 1. The van der Waals surface area contributed by atoms with Gasteiger partial charge in [-0.25, -0.2) is 0 Å². The Hall–Kier alpha value is -0.350. The van der Waals surface area contributed by atoms with Crippen molar-refractivity contribution in [3.63, 3.8) is 0 Å². The number of rotatable bonds is 0. The monoisotopic (exact) mass is 314 g/mol. The van der Waals surface area contributed by atoms with Crippen LogP contribution < -0.4 is 5.32 Å². The van der Waals surface area contributed by atoms with Crippen LogP contribution in [0.2, 0.25) is 5.02 Å². The van der Waals surface area contributed by atoms with Crippen molar-refractivity contribution >= 4 is 46.7 Å². The zero-order valence-corrected chi connectivity index (χ0v) is 12.9. The van der Waals surface area contributed by atoms with Crippen LogP contribution in [0.15, 0.2) is 12.1 Å². The Kier molecular flexibility index (Phi) is 3.73. The first kappa shape index (κ1) is 13.6. The molecule has 2 nitrogen and oxygen atoms in total. The largest absolute Gasteiger partial charge is 0.343 e. The molecule has 4 rings (SSSR count). The third-order valence-electron chi connectivity index (χ3n) is 3.98. The Morgan fingerprint density at radius 3 is 3.11 bits per heavy atom. The molecule has 0 bridgehead atoms. The second-order valence-electron chi connectivity index (χ2n) is 5.02. The lowest BCUT2D eigenvalue weighted by Gasteiger charge is -2.16. The lowest BCUT2D eigenvalue weighted by Crippen LogP contribution is -2.24. The molecule has 2 aliphatic rings. The van der Waals surface area contributed by atoms with Crippen LogP contribution in [0.25, 0.3) is 10.9 Å². The quantitative estimate of drug-likeness (QED) is 0.800. The summed E-state index contributed by atoms with van der Waals surface area (Å²) in [5.41, 5.74) is 5.87. The van der Waals surface area contributed by atoms with E-state index in [4.69, 9.17) is 11.6 Å². The van der Waals surface area contributed by atoms with Crippen molar-refractivity contribution in [2.75, 3.05) is 12.3 Å². The number of thioether (sulfide) groups is 1. The summed E-state index contributed by atoms with van der Waals surface area (Å²) >= 11 is 8.31. The summed E-state index contributed by atoms with van der Waals surface area (Å²) in [5.74, 6) is 2.29. The maximum absolute atomic E-state index is 6.29. The Bertz CT molecular complexity index is 636. The van der Waals surface area contributed by atoms with Gasteiger partial charge in [0.2, 0.25) is 0 Å². The number of nitrogens with one attached hydrogen (secondary N) is 1. The van der Waals surface area contributed by atoms with E-state index >= 15 is 0 Å². The van der Waals surface area contributed by atoms with Crippen LogP contribution in [0.1, 0.15) is 16.8 Å². The maximum atomic E-state index is 6.29. The first-order valence-electron chi connectivity index (χ1n) is 6.45. The number of nitrogens with zero attached hydrogens (tertiary/aromatic N) is 1. The van der Waals surface area contributed by atoms with Gasteiger partial charge in [0.05, 0.1) is 5.52 Å². The molecule has 0 saturated carbocycles. The fraction of sp³-hybridized carbons (Fsp3) is 0.429.